The van der Waals surface area contributed by atoms with Gasteiger partial charge in [-0.3, -0.25) is 14.5 Å². The zero-order valence-corrected chi connectivity index (χ0v) is 15.0. The molecule has 0 radical (unpaired) electrons. The molecule has 2 amide bonds. The van der Waals surface area contributed by atoms with Crippen molar-refractivity contribution in [1.29, 1.82) is 0 Å². The number of hydrogen-bond acceptors (Lipinski definition) is 5. The summed E-state index contributed by atoms with van der Waals surface area (Å²) < 4.78 is 10.8. The van der Waals surface area contributed by atoms with E-state index in [0.29, 0.717) is 24.3 Å². The van der Waals surface area contributed by atoms with Crippen molar-refractivity contribution in [3.05, 3.63) is 78.1 Å². The third-order valence-corrected chi connectivity index (χ3v) is 3.94. The zero-order valence-electron chi connectivity index (χ0n) is 15.0. The number of rotatable bonds is 8. The Kier molecular flexibility index (Phi) is 6.06. The third kappa shape index (κ3) is 5.32. The molecular formula is C20H21N3O4. The van der Waals surface area contributed by atoms with Gasteiger partial charge in [-0.1, -0.05) is 0 Å². The van der Waals surface area contributed by atoms with Crippen LogP contribution in [0.1, 0.15) is 21.9 Å². The largest absolute Gasteiger partial charge is 0.468 e. The third-order valence-electron chi connectivity index (χ3n) is 3.94. The molecular weight excluding hydrogens is 346 g/mol. The zero-order chi connectivity index (χ0) is 19.1. The highest BCUT2D eigenvalue weighted by Crippen LogP contribution is 2.13. The van der Waals surface area contributed by atoms with Crippen LogP contribution >= 0.6 is 0 Å². The van der Waals surface area contributed by atoms with E-state index >= 15 is 0 Å². The molecule has 0 aliphatic heterocycles. The molecule has 1 aromatic carbocycles. The van der Waals surface area contributed by atoms with Crippen molar-refractivity contribution in [2.45, 2.75) is 13.1 Å². The topological polar surface area (TPSA) is 87.7 Å². The highest BCUT2D eigenvalue weighted by atomic mass is 16.3. The Labute approximate surface area is 157 Å². The lowest BCUT2D eigenvalue weighted by Gasteiger charge is -2.19. The van der Waals surface area contributed by atoms with Crippen molar-refractivity contribution in [1.82, 2.24) is 10.2 Å². The van der Waals surface area contributed by atoms with E-state index in [0.717, 1.165) is 11.5 Å². The molecule has 140 valence electrons. The Bertz CT molecular complexity index is 819. The molecule has 0 aliphatic rings. The molecule has 2 aromatic heterocycles. The van der Waals surface area contributed by atoms with Crippen LogP contribution in [0.2, 0.25) is 0 Å². The molecule has 0 aliphatic carbocycles. The Morgan fingerprint density at radius 3 is 2.00 bits per heavy atom. The minimum Gasteiger partial charge on any atom is -0.468 e. The molecule has 7 heteroatoms. The van der Waals surface area contributed by atoms with Crippen LogP contribution in [-0.4, -0.2) is 30.3 Å². The summed E-state index contributed by atoms with van der Waals surface area (Å²) in [7, 11) is 1.57. The Morgan fingerprint density at radius 2 is 1.52 bits per heavy atom. The first-order valence-corrected chi connectivity index (χ1v) is 8.53. The van der Waals surface area contributed by atoms with Crippen molar-refractivity contribution in [2.24, 2.45) is 0 Å². The van der Waals surface area contributed by atoms with Gasteiger partial charge in [-0.2, -0.15) is 0 Å². The first-order chi connectivity index (χ1) is 13.1. The molecule has 3 rings (SSSR count). The minimum atomic E-state index is -0.170. The highest BCUT2D eigenvalue weighted by Gasteiger charge is 2.15. The highest BCUT2D eigenvalue weighted by molar-refractivity contribution is 5.96. The number of amides is 2. The summed E-state index contributed by atoms with van der Waals surface area (Å²) in [6.45, 7) is 1.13. The van der Waals surface area contributed by atoms with E-state index in [1.54, 1.807) is 43.8 Å². The quantitative estimate of drug-likeness (QED) is 0.639. The van der Waals surface area contributed by atoms with Gasteiger partial charge in [0.1, 0.15) is 11.5 Å². The molecule has 0 atom stereocenters. The van der Waals surface area contributed by atoms with Crippen LogP contribution in [0.25, 0.3) is 0 Å². The van der Waals surface area contributed by atoms with Gasteiger partial charge >= 0.3 is 0 Å². The van der Waals surface area contributed by atoms with Crippen LogP contribution in [0.15, 0.2) is 69.9 Å². The number of nitrogens with one attached hydrogen (secondary N) is 2. The number of benzene rings is 1. The maximum atomic E-state index is 12.5. The van der Waals surface area contributed by atoms with Crippen molar-refractivity contribution >= 4 is 17.5 Å². The lowest BCUT2D eigenvalue weighted by atomic mass is 10.2. The monoisotopic (exact) mass is 367 g/mol. The smallest absolute Gasteiger partial charge is 0.251 e. The van der Waals surface area contributed by atoms with Crippen molar-refractivity contribution in [3.63, 3.8) is 0 Å². The molecule has 0 saturated heterocycles. The van der Waals surface area contributed by atoms with Gasteiger partial charge < -0.3 is 19.5 Å². The minimum absolute atomic E-state index is 0.165. The van der Waals surface area contributed by atoms with Gasteiger partial charge in [0.15, 0.2) is 0 Å². The summed E-state index contributed by atoms with van der Waals surface area (Å²) in [6, 6.07) is 14.1. The number of anilines is 1. The van der Waals surface area contributed by atoms with Crippen LogP contribution in [0.5, 0.6) is 0 Å². The molecule has 2 N–H and O–H groups in total. The molecule has 2 heterocycles. The van der Waals surface area contributed by atoms with Crippen LogP contribution in [-0.2, 0) is 17.9 Å². The second-order valence-electron chi connectivity index (χ2n) is 6.01. The summed E-state index contributed by atoms with van der Waals surface area (Å²) in [5.74, 6) is 1.20. The van der Waals surface area contributed by atoms with E-state index in [2.05, 4.69) is 10.6 Å². The summed E-state index contributed by atoms with van der Waals surface area (Å²) in [6.07, 6.45) is 3.21. The Balaban J connectivity index is 1.62. The van der Waals surface area contributed by atoms with Crippen molar-refractivity contribution in [3.8, 4) is 0 Å². The van der Waals surface area contributed by atoms with Crippen LogP contribution in [0, 0.1) is 0 Å². The number of carbonyl (C=O) groups excluding carboxylic acids is 2. The van der Waals surface area contributed by atoms with E-state index < -0.39 is 0 Å². The molecule has 7 nitrogen and oxygen atoms in total. The number of nitrogens with zero attached hydrogens (tertiary/aromatic N) is 1. The predicted octanol–water partition coefficient (Wildman–Crippen LogP) is 2.87. The first kappa shape index (κ1) is 18.5. The Hall–Kier alpha value is -3.32. The standard InChI is InChI=1S/C20H21N3O4/c1-21-20(25)15-6-8-16(9-7-15)22-19(24)14-23(12-17-4-2-10-26-17)13-18-5-3-11-27-18/h2-11H,12-14H2,1H3,(H,21,25)(H,22,24). The molecule has 0 spiro atoms. The van der Waals surface area contributed by atoms with Crippen LogP contribution < -0.4 is 10.6 Å². The molecule has 0 saturated carbocycles. The number of furan rings is 2. The van der Waals surface area contributed by atoms with E-state index in [-0.39, 0.29) is 18.4 Å². The van der Waals surface area contributed by atoms with E-state index in [4.69, 9.17) is 8.83 Å². The maximum absolute atomic E-state index is 12.5. The lowest BCUT2D eigenvalue weighted by molar-refractivity contribution is -0.117. The number of carbonyl (C=O) groups is 2. The molecule has 0 bridgehead atoms. The van der Waals surface area contributed by atoms with Gasteiger partial charge in [0.25, 0.3) is 5.91 Å². The summed E-state index contributed by atoms with van der Waals surface area (Å²) in [5.41, 5.74) is 1.16. The van der Waals surface area contributed by atoms with Gasteiger partial charge in [0.2, 0.25) is 5.91 Å². The van der Waals surface area contributed by atoms with Crippen LogP contribution in [0.3, 0.4) is 0 Å². The summed E-state index contributed by atoms with van der Waals surface area (Å²) >= 11 is 0. The fourth-order valence-corrected chi connectivity index (χ4v) is 2.67. The van der Waals surface area contributed by atoms with Gasteiger partial charge in [-0.05, 0) is 48.5 Å². The number of hydrogen-bond donors (Lipinski definition) is 2. The fraction of sp³-hybridized carbons (Fsp3) is 0.200. The maximum Gasteiger partial charge on any atom is 0.251 e. The van der Waals surface area contributed by atoms with Gasteiger partial charge in [0, 0.05) is 18.3 Å². The molecule has 3 aromatic rings. The Morgan fingerprint density at radius 1 is 0.926 bits per heavy atom. The van der Waals surface area contributed by atoms with E-state index in [1.165, 1.54) is 0 Å². The van der Waals surface area contributed by atoms with E-state index in [9.17, 15) is 9.59 Å². The molecule has 0 fully saturated rings. The second-order valence-corrected chi connectivity index (χ2v) is 6.01. The van der Waals surface area contributed by atoms with E-state index in [1.807, 2.05) is 29.2 Å². The normalized spacial score (nSPS) is 10.7. The predicted molar refractivity (Wildman–Crippen MR) is 100.0 cm³/mol. The van der Waals surface area contributed by atoms with Gasteiger partial charge in [0.05, 0.1) is 32.2 Å². The fourth-order valence-electron chi connectivity index (χ4n) is 2.67. The molecule has 27 heavy (non-hydrogen) atoms. The van der Waals surface area contributed by atoms with Crippen LogP contribution in [0.4, 0.5) is 5.69 Å². The lowest BCUT2D eigenvalue weighted by Crippen LogP contribution is -2.32. The molecule has 0 unspecified atom stereocenters. The summed E-state index contributed by atoms with van der Waals surface area (Å²) in [4.78, 5) is 26.0. The van der Waals surface area contributed by atoms with Crippen molar-refractivity contribution < 1.29 is 18.4 Å². The van der Waals surface area contributed by atoms with Crippen molar-refractivity contribution in [2.75, 3.05) is 18.9 Å². The summed E-state index contributed by atoms with van der Waals surface area (Å²) in [5, 5.41) is 5.40. The van der Waals surface area contributed by atoms with Gasteiger partial charge in [-0.15, -0.1) is 0 Å². The first-order valence-electron chi connectivity index (χ1n) is 8.53. The second kappa shape index (κ2) is 8.86. The van der Waals surface area contributed by atoms with Gasteiger partial charge in [-0.25, -0.2) is 0 Å². The average Bonchev–Trinajstić information content (AvgIpc) is 3.36. The average molecular weight is 367 g/mol. The SMILES string of the molecule is CNC(=O)c1ccc(NC(=O)CN(Cc2ccco2)Cc2ccco2)cc1.